The topological polar surface area (TPSA) is 212 Å². The number of aliphatic hydroxyl groups excluding tert-OH is 1. The maximum atomic E-state index is 13.7. The van der Waals surface area contributed by atoms with Crippen LogP contribution in [0.4, 0.5) is 16.2 Å². The fraction of sp³-hybridized carbons (Fsp3) is 0.486. The summed E-state index contributed by atoms with van der Waals surface area (Å²) in [5.74, 6) is -2.72. The summed E-state index contributed by atoms with van der Waals surface area (Å²) >= 11 is 1.27. The zero-order valence-electron chi connectivity index (χ0n) is 30.0. The molecule has 2 aromatic rings. The lowest BCUT2D eigenvalue weighted by molar-refractivity contribution is -0.869. The molecule has 0 aliphatic carbocycles. The third kappa shape index (κ3) is 8.77. The van der Waals surface area contributed by atoms with E-state index < -0.39 is 57.2 Å². The highest BCUT2D eigenvalue weighted by Crippen LogP contribution is 2.52. The molecule has 0 radical (unpaired) electrons. The van der Waals surface area contributed by atoms with Gasteiger partial charge in [0.2, 0.25) is 11.8 Å². The fourth-order valence-corrected chi connectivity index (χ4v) is 8.21. The van der Waals surface area contributed by atoms with Crippen molar-refractivity contribution in [3.63, 3.8) is 0 Å². The number of likely N-dealkylation sites (N-methyl/N-ethyl adjacent to an activating group) is 1. The molecule has 2 saturated heterocycles. The molecule has 3 aliphatic rings. The maximum Gasteiger partial charge on any atom is 0.410 e. The number of esters is 1. The van der Waals surface area contributed by atoms with Gasteiger partial charge in [-0.1, -0.05) is 6.92 Å². The monoisotopic (exact) mass is 755 g/mol. The second kappa shape index (κ2) is 15.9. The largest absolute Gasteiger partial charge is 0.456 e. The van der Waals surface area contributed by atoms with Gasteiger partial charge < -0.3 is 29.3 Å². The molecule has 0 saturated carbocycles. The Morgan fingerprint density at radius 1 is 0.981 bits per heavy atom. The maximum absolute atomic E-state index is 13.7. The summed E-state index contributed by atoms with van der Waals surface area (Å²) in [5, 5.41) is 35.0. The van der Waals surface area contributed by atoms with Crippen molar-refractivity contribution in [2.75, 3.05) is 40.8 Å². The molecule has 5 rings (SSSR count). The van der Waals surface area contributed by atoms with Gasteiger partial charge in [0.05, 0.1) is 62.1 Å². The van der Waals surface area contributed by atoms with Crippen molar-refractivity contribution in [2.24, 2.45) is 11.8 Å². The molecule has 17 nitrogen and oxygen atoms in total. The van der Waals surface area contributed by atoms with Crippen molar-refractivity contribution in [2.45, 2.75) is 56.9 Å². The predicted octanol–water partition coefficient (Wildman–Crippen LogP) is 2.95. The lowest BCUT2D eigenvalue weighted by Gasteiger charge is -2.46. The van der Waals surface area contributed by atoms with E-state index >= 15 is 0 Å². The van der Waals surface area contributed by atoms with E-state index in [-0.39, 0.29) is 55.1 Å². The molecular weight excluding hydrogens is 712 g/mol. The highest BCUT2D eigenvalue weighted by atomic mass is 32.2. The Morgan fingerprint density at radius 2 is 1.53 bits per heavy atom. The molecular formula is C35H43N6O11S+. The molecule has 0 aromatic heterocycles. The van der Waals surface area contributed by atoms with Gasteiger partial charge >= 0.3 is 12.1 Å². The summed E-state index contributed by atoms with van der Waals surface area (Å²) in [7, 11) is 5.95. The van der Waals surface area contributed by atoms with Gasteiger partial charge in [-0.3, -0.25) is 34.7 Å². The van der Waals surface area contributed by atoms with Crippen molar-refractivity contribution in [1.29, 1.82) is 0 Å². The Morgan fingerprint density at radius 3 is 2.04 bits per heavy atom. The Kier molecular flexibility index (Phi) is 11.7. The first-order valence-corrected chi connectivity index (χ1v) is 17.9. The highest BCUT2D eigenvalue weighted by molar-refractivity contribution is 8.03. The Bertz CT molecular complexity index is 1790. The van der Waals surface area contributed by atoms with E-state index in [0.717, 1.165) is 0 Å². The van der Waals surface area contributed by atoms with Crippen LogP contribution in [0.25, 0.3) is 0 Å². The lowest BCUT2D eigenvalue weighted by atomic mass is 9.79. The number of thioether (sulfide) groups is 1. The smallest absolute Gasteiger partial charge is 0.410 e. The average molecular weight is 756 g/mol. The van der Waals surface area contributed by atoms with E-state index in [2.05, 4.69) is 5.32 Å². The minimum absolute atomic E-state index is 0.0273. The predicted molar refractivity (Wildman–Crippen MR) is 191 cm³/mol. The molecule has 0 bridgehead atoms. The second-order valence-electron chi connectivity index (χ2n) is 14.4. The second-order valence-corrected chi connectivity index (χ2v) is 15.7. The van der Waals surface area contributed by atoms with E-state index in [1.807, 2.05) is 28.1 Å². The van der Waals surface area contributed by atoms with Gasteiger partial charge in [-0.15, -0.1) is 11.8 Å². The number of rotatable bonds is 14. The zero-order valence-corrected chi connectivity index (χ0v) is 30.8. The number of nitrogens with one attached hydrogen (secondary N) is 1. The summed E-state index contributed by atoms with van der Waals surface area (Å²) < 4.78 is 11.8. The number of nitro benzene ring substituents is 2. The molecule has 0 spiro atoms. The number of nitrogens with zero attached hydrogens (tertiary/aromatic N) is 5. The number of β-lactam (4-membered cyclic amide) rings is 1. The van der Waals surface area contributed by atoms with E-state index in [1.165, 1.54) is 77.0 Å². The third-order valence-corrected chi connectivity index (χ3v) is 11.0. The lowest BCUT2D eigenvalue weighted by Crippen LogP contribution is -2.63. The van der Waals surface area contributed by atoms with Crippen molar-refractivity contribution in [3.05, 3.63) is 90.5 Å². The SMILES string of the molecule is C[C@@H](O)[C@H]1C(=O)N2C(C(=O)OCc3ccc([N+](=O)[O-])cc3)=C(S[C@H]3C[C@@H](C(=O)NCC[N+](C)(C)C)N(C(=O)OCc4ccc([N+](=O)[O-])cc4)C3)[C@H](C)[C@H]12. The van der Waals surface area contributed by atoms with E-state index in [4.69, 9.17) is 9.47 Å². The molecule has 2 N–H and O–H groups in total. The molecule has 18 heteroatoms. The van der Waals surface area contributed by atoms with Crippen LogP contribution in [0.3, 0.4) is 0 Å². The molecule has 3 amide bonds. The number of nitro groups is 2. The number of hydrogen-bond acceptors (Lipinski definition) is 12. The molecule has 53 heavy (non-hydrogen) atoms. The van der Waals surface area contributed by atoms with E-state index in [9.17, 15) is 44.5 Å². The first kappa shape index (κ1) is 39.1. The number of carbonyl (C=O) groups excluding carboxylic acids is 4. The number of ether oxygens (including phenoxy) is 2. The Balaban J connectivity index is 1.36. The van der Waals surface area contributed by atoms with Gasteiger partial charge in [-0.25, -0.2) is 9.59 Å². The number of fused-ring (bicyclic) bond motifs is 1. The Hall–Kier alpha value is -5.07. The number of quaternary nitrogens is 1. The molecule has 2 aromatic carbocycles. The number of non-ortho nitro benzene ring substituents is 2. The van der Waals surface area contributed by atoms with E-state index in [1.54, 1.807) is 0 Å². The van der Waals surface area contributed by atoms with Crippen molar-refractivity contribution in [3.8, 4) is 0 Å². The van der Waals surface area contributed by atoms with Gasteiger partial charge in [0.25, 0.3) is 11.4 Å². The minimum Gasteiger partial charge on any atom is -0.456 e. The summed E-state index contributed by atoms with van der Waals surface area (Å²) in [5.41, 5.74) is 0.809. The number of carbonyl (C=O) groups is 4. The molecule has 284 valence electrons. The van der Waals surface area contributed by atoms with Crippen molar-refractivity contribution in [1.82, 2.24) is 15.1 Å². The highest BCUT2D eigenvalue weighted by Gasteiger charge is 2.60. The quantitative estimate of drug-likeness (QED) is 0.0937. The molecule has 0 unspecified atom stereocenters. The first-order chi connectivity index (χ1) is 25.0. The van der Waals surface area contributed by atoms with Crippen LogP contribution in [-0.2, 0) is 37.1 Å². The minimum atomic E-state index is -0.972. The van der Waals surface area contributed by atoms with Gasteiger partial charge in [-0.2, -0.15) is 0 Å². The summed E-state index contributed by atoms with van der Waals surface area (Å²) in [6, 6.07) is 9.65. The normalized spacial score (nSPS) is 22.9. The zero-order chi connectivity index (χ0) is 38.8. The molecule has 6 atom stereocenters. The Labute approximate surface area is 309 Å². The number of benzene rings is 2. The first-order valence-electron chi connectivity index (χ1n) is 17.0. The standard InChI is InChI=1S/C35H42N6O11S/c1-20-29-28(21(2)42)33(44)38(29)30(34(45)51-18-22-6-10-24(11-7-22)39(47)48)31(20)53-26-16-27(32(43)36-14-15-41(3,4)5)37(17-26)35(46)52-19-23-8-12-25(13-9-23)40(49)50/h6-13,20-21,26-29,42H,14-19H2,1-5H3/p+1/t20-,21-,26+,27+,28-,29-/m1/s1. The van der Waals surface area contributed by atoms with Gasteiger partial charge in [0, 0.05) is 46.9 Å². The summed E-state index contributed by atoms with van der Waals surface area (Å²) in [6.45, 7) is 4.01. The van der Waals surface area contributed by atoms with Gasteiger partial charge in [0.1, 0.15) is 25.0 Å². The number of amides is 3. The number of hydrogen-bond donors (Lipinski definition) is 2. The average Bonchev–Trinajstić information content (AvgIpc) is 3.63. The summed E-state index contributed by atoms with van der Waals surface area (Å²) in [4.78, 5) is 78.3. The number of aliphatic hydroxyl groups is 1. The van der Waals surface area contributed by atoms with Gasteiger partial charge in [0.15, 0.2) is 0 Å². The molecule has 2 fully saturated rings. The van der Waals surface area contributed by atoms with Crippen LogP contribution >= 0.6 is 11.8 Å². The number of likely N-dealkylation sites (tertiary alicyclic amines) is 1. The summed E-state index contributed by atoms with van der Waals surface area (Å²) in [6.07, 6.45) is -1.53. The fourth-order valence-electron chi connectivity index (χ4n) is 6.69. The van der Waals surface area contributed by atoms with Crippen LogP contribution in [-0.4, -0.2) is 117 Å². The van der Waals surface area contributed by atoms with Crippen LogP contribution in [0.15, 0.2) is 59.1 Å². The van der Waals surface area contributed by atoms with Crippen LogP contribution in [0.1, 0.15) is 31.4 Å². The van der Waals surface area contributed by atoms with Crippen molar-refractivity contribution < 1.29 is 48.1 Å². The van der Waals surface area contributed by atoms with E-state index in [0.29, 0.717) is 33.6 Å². The van der Waals surface area contributed by atoms with Crippen LogP contribution in [0.5, 0.6) is 0 Å². The molecule has 3 heterocycles. The third-order valence-electron chi connectivity index (χ3n) is 9.50. The van der Waals surface area contributed by atoms with Crippen molar-refractivity contribution >= 4 is 47.0 Å². The van der Waals surface area contributed by atoms with Gasteiger partial charge in [-0.05, 0) is 48.7 Å². The van der Waals surface area contributed by atoms with Crippen LogP contribution in [0, 0.1) is 32.1 Å². The molecule has 3 aliphatic heterocycles. The van der Waals surface area contributed by atoms with Crippen LogP contribution in [0.2, 0.25) is 0 Å². The van der Waals surface area contributed by atoms with Crippen LogP contribution < -0.4 is 5.32 Å².